The summed E-state index contributed by atoms with van der Waals surface area (Å²) < 4.78 is 0. The van der Waals surface area contributed by atoms with Crippen LogP contribution < -0.4 is 0 Å². The third kappa shape index (κ3) is 3.75. The predicted molar refractivity (Wildman–Crippen MR) is 101 cm³/mol. The number of phenolic OH excluding ortho intramolecular Hbond substituents is 2. The molecule has 0 fully saturated rings. The lowest BCUT2D eigenvalue weighted by Crippen LogP contribution is -2.05. The van der Waals surface area contributed by atoms with Crippen LogP contribution in [0.5, 0.6) is 11.5 Å². The molecule has 0 heterocycles. The summed E-state index contributed by atoms with van der Waals surface area (Å²) in [6.45, 7) is 10.9. The van der Waals surface area contributed by atoms with E-state index in [1.165, 1.54) is 16.7 Å². The molecular weight excluding hydrogens is 296 g/mol. The SMILES string of the molecule is CCC(C)c1cc(C(C)c2ccc(O)cc2C(C)CC)ccc1O. The Morgan fingerprint density at radius 1 is 0.750 bits per heavy atom. The lowest BCUT2D eigenvalue weighted by atomic mass is 9.83. The van der Waals surface area contributed by atoms with E-state index >= 15 is 0 Å². The van der Waals surface area contributed by atoms with Crippen LogP contribution in [0.1, 0.15) is 87.5 Å². The van der Waals surface area contributed by atoms with Gasteiger partial charge < -0.3 is 10.2 Å². The molecule has 2 nitrogen and oxygen atoms in total. The molecule has 0 saturated carbocycles. The Balaban J connectivity index is 2.48. The molecule has 0 amide bonds. The van der Waals surface area contributed by atoms with Crippen LogP contribution >= 0.6 is 0 Å². The number of hydrogen-bond donors (Lipinski definition) is 2. The number of rotatable bonds is 6. The fourth-order valence-electron chi connectivity index (χ4n) is 3.24. The molecule has 2 rings (SSSR count). The van der Waals surface area contributed by atoms with Gasteiger partial charge in [0.2, 0.25) is 0 Å². The maximum Gasteiger partial charge on any atom is 0.119 e. The van der Waals surface area contributed by atoms with Crippen molar-refractivity contribution in [2.24, 2.45) is 0 Å². The average molecular weight is 326 g/mol. The Morgan fingerprint density at radius 2 is 1.38 bits per heavy atom. The zero-order valence-corrected chi connectivity index (χ0v) is 15.5. The van der Waals surface area contributed by atoms with Gasteiger partial charge in [-0.3, -0.25) is 0 Å². The summed E-state index contributed by atoms with van der Waals surface area (Å²) in [4.78, 5) is 0. The van der Waals surface area contributed by atoms with Crippen molar-refractivity contribution in [1.29, 1.82) is 0 Å². The van der Waals surface area contributed by atoms with Gasteiger partial charge in [-0.25, -0.2) is 0 Å². The maximum absolute atomic E-state index is 10.2. The van der Waals surface area contributed by atoms with Gasteiger partial charge in [-0.05, 0) is 65.1 Å². The van der Waals surface area contributed by atoms with Crippen molar-refractivity contribution in [2.75, 3.05) is 0 Å². The summed E-state index contributed by atoms with van der Waals surface area (Å²) in [5, 5.41) is 20.1. The number of phenols is 2. The molecule has 0 saturated heterocycles. The summed E-state index contributed by atoms with van der Waals surface area (Å²) in [5.41, 5.74) is 4.69. The molecule has 2 N–H and O–H groups in total. The smallest absolute Gasteiger partial charge is 0.119 e. The Hall–Kier alpha value is -1.96. The van der Waals surface area contributed by atoms with Crippen LogP contribution in [0, 0.1) is 0 Å². The van der Waals surface area contributed by atoms with Crippen LogP contribution in [0.25, 0.3) is 0 Å². The van der Waals surface area contributed by atoms with E-state index in [1.54, 1.807) is 6.07 Å². The highest BCUT2D eigenvalue weighted by Crippen LogP contribution is 2.37. The van der Waals surface area contributed by atoms with Gasteiger partial charge in [-0.2, -0.15) is 0 Å². The van der Waals surface area contributed by atoms with Crippen molar-refractivity contribution < 1.29 is 10.2 Å². The minimum absolute atomic E-state index is 0.220. The van der Waals surface area contributed by atoms with Gasteiger partial charge in [0.25, 0.3) is 0 Å². The highest BCUT2D eigenvalue weighted by molar-refractivity contribution is 5.46. The normalized spacial score (nSPS) is 15.0. The summed E-state index contributed by atoms with van der Waals surface area (Å²) >= 11 is 0. The van der Waals surface area contributed by atoms with Crippen molar-refractivity contribution in [3.05, 3.63) is 58.7 Å². The van der Waals surface area contributed by atoms with Crippen LogP contribution in [-0.4, -0.2) is 10.2 Å². The van der Waals surface area contributed by atoms with Gasteiger partial charge >= 0.3 is 0 Å². The predicted octanol–water partition coefficient (Wildman–Crippen LogP) is 6.28. The first-order valence-electron chi connectivity index (χ1n) is 9.04. The molecule has 0 aromatic heterocycles. The minimum atomic E-state index is 0.220. The van der Waals surface area contributed by atoms with E-state index in [0.717, 1.165) is 18.4 Å². The maximum atomic E-state index is 10.2. The topological polar surface area (TPSA) is 40.5 Å². The van der Waals surface area contributed by atoms with Crippen LogP contribution in [0.15, 0.2) is 36.4 Å². The molecule has 0 bridgehead atoms. The van der Waals surface area contributed by atoms with Crippen molar-refractivity contribution in [2.45, 2.75) is 65.2 Å². The fraction of sp³-hybridized carbons (Fsp3) is 0.455. The number of benzene rings is 2. The highest BCUT2D eigenvalue weighted by atomic mass is 16.3. The molecule has 0 aliphatic rings. The van der Waals surface area contributed by atoms with Crippen LogP contribution in [0.4, 0.5) is 0 Å². The Labute approximate surface area is 146 Å². The zero-order chi connectivity index (χ0) is 17.9. The lowest BCUT2D eigenvalue weighted by molar-refractivity contribution is 0.461. The molecule has 130 valence electrons. The van der Waals surface area contributed by atoms with Gasteiger partial charge in [0.15, 0.2) is 0 Å². The fourth-order valence-corrected chi connectivity index (χ4v) is 3.24. The number of hydrogen-bond acceptors (Lipinski definition) is 2. The van der Waals surface area contributed by atoms with Crippen molar-refractivity contribution in [3.63, 3.8) is 0 Å². The molecule has 24 heavy (non-hydrogen) atoms. The Kier molecular flexibility index (Phi) is 5.93. The minimum Gasteiger partial charge on any atom is -0.508 e. The van der Waals surface area contributed by atoms with Crippen molar-refractivity contribution in [1.82, 2.24) is 0 Å². The molecule has 0 radical (unpaired) electrons. The molecule has 2 aromatic carbocycles. The van der Waals surface area contributed by atoms with Crippen molar-refractivity contribution >= 4 is 0 Å². The molecule has 0 aliphatic heterocycles. The summed E-state index contributed by atoms with van der Waals surface area (Å²) in [5.74, 6) is 1.67. The molecule has 2 aromatic rings. The summed E-state index contributed by atoms with van der Waals surface area (Å²) in [7, 11) is 0. The van der Waals surface area contributed by atoms with Gasteiger partial charge in [-0.1, -0.05) is 52.8 Å². The standard InChI is InChI=1S/C22H30O2/c1-6-14(3)20-13-18(23)9-10-19(20)16(5)17-8-11-22(24)21(12-17)15(4)7-2/h8-16,23-24H,6-7H2,1-5H3. The second kappa shape index (κ2) is 7.74. The Bertz CT molecular complexity index is 690. The third-order valence-corrected chi connectivity index (χ3v) is 5.38. The molecular formula is C22H30O2. The second-order valence-electron chi connectivity index (χ2n) is 6.97. The second-order valence-corrected chi connectivity index (χ2v) is 6.97. The van der Waals surface area contributed by atoms with Crippen LogP contribution in [0.3, 0.4) is 0 Å². The van der Waals surface area contributed by atoms with E-state index in [4.69, 9.17) is 0 Å². The zero-order valence-electron chi connectivity index (χ0n) is 15.5. The quantitative estimate of drug-likeness (QED) is 0.656. The van der Waals surface area contributed by atoms with Gasteiger partial charge in [0.05, 0.1) is 0 Å². The molecule has 0 aliphatic carbocycles. The average Bonchev–Trinajstić information content (AvgIpc) is 2.60. The lowest BCUT2D eigenvalue weighted by Gasteiger charge is -2.22. The van der Waals surface area contributed by atoms with Gasteiger partial charge in [0, 0.05) is 5.92 Å². The Morgan fingerprint density at radius 3 is 2.00 bits per heavy atom. The molecule has 3 unspecified atom stereocenters. The third-order valence-electron chi connectivity index (χ3n) is 5.38. The monoisotopic (exact) mass is 326 g/mol. The highest BCUT2D eigenvalue weighted by Gasteiger charge is 2.18. The van der Waals surface area contributed by atoms with Gasteiger partial charge in [-0.15, -0.1) is 0 Å². The van der Waals surface area contributed by atoms with Gasteiger partial charge in [0.1, 0.15) is 11.5 Å². The number of aromatic hydroxyl groups is 2. The van der Waals surface area contributed by atoms with E-state index in [9.17, 15) is 10.2 Å². The molecule has 2 heteroatoms. The van der Waals surface area contributed by atoms with E-state index in [-0.39, 0.29) is 5.92 Å². The van der Waals surface area contributed by atoms with Crippen LogP contribution in [-0.2, 0) is 0 Å². The first kappa shape index (κ1) is 18.4. The van der Waals surface area contributed by atoms with Crippen molar-refractivity contribution in [3.8, 4) is 11.5 Å². The largest absolute Gasteiger partial charge is 0.508 e. The van der Waals surface area contributed by atoms with E-state index in [2.05, 4.69) is 40.7 Å². The first-order valence-corrected chi connectivity index (χ1v) is 9.04. The van der Waals surface area contributed by atoms with Crippen LogP contribution in [0.2, 0.25) is 0 Å². The van der Waals surface area contributed by atoms with E-state index < -0.39 is 0 Å². The molecule has 0 spiro atoms. The molecule has 3 atom stereocenters. The first-order chi connectivity index (χ1) is 11.4. The summed E-state index contributed by atoms with van der Waals surface area (Å²) in [6, 6.07) is 11.7. The van der Waals surface area contributed by atoms with E-state index in [1.807, 2.05) is 24.3 Å². The summed E-state index contributed by atoms with van der Waals surface area (Å²) in [6.07, 6.45) is 2.04. The van der Waals surface area contributed by atoms with E-state index in [0.29, 0.717) is 23.3 Å².